The zero-order chi connectivity index (χ0) is 10.4. The van der Waals surface area contributed by atoms with Crippen molar-refractivity contribution in [1.29, 1.82) is 0 Å². The third kappa shape index (κ3) is 3.73. The minimum Gasteiger partial charge on any atom is -0.386 e. The Morgan fingerprint density at radius 2 is 2.07 bits per heavy atom. The van der Waals surface area contributed by atoms with E-state index in [4.69, 9.17) is 4.74 Å². The van der Waals surface area contributed by atoms with E-state index in [1.807, 2.05) is 30.3 Å². The molecule has 2 nitrogen and oxygen atoms in total. The molecular formula is C12H16O2. The molecule has 0 saturated carbocycles. The van der Waals surface area contributed by atoms with Crippen molar-refractivity contribution in [3.05, 3.63) is 48.0 Å². The molecule has 0 unspecified atom stereocenters. The van der Waals surface area contributed by atoms with E-state index in [0.717, 1.165) is 11.1 Å². The first-order valence-electron chi connectivity index (χ1n) is 4.65. The highest BCUT2D eigenvalue weighted by Gasteiger charge is 2.03. The molecule has 0 aromatic heterocycles. The second-order valence-electron chi connectivity index (χ2n) is 3.36. The van der Waals surface area contributed by atoms with E-state index in [9.17, 15) is 5.11 Å². The van der Waals surface area contributed by atoms with Gasteiger partial charge in [0.15, 0.2) is 0 Å². The molecular weight excluding hydrogens is 176 g/mol. The zero-order valence-corrected chi connectivity index (χ0v) is 8.44. The van der Waals surface area contributed by atoms with Crippen LogP contribution in [0.1, 0.15) is 12.5 Å². The normalized spacial score (nSPS) is 12.4. The summed E-state index contributed by atoms with van der Waals surface area (Å²) in [6, 6.07) is 9.88. The van der Waals surface area contributed by atoms with Gasteiger partial charge >= 0.3 is 0 Å². The molecule has 0 heterocycles. The van der Waals surface area contributed by atoms with Gasteiger partial charge in [-0.15, -0.1) is 0 Å². The number of hydrogen-bond donors (Lipinski definition) is 1. The average molecular weight is 192 g/mol. The summed E-state index contributed by atoms with van der Waals surface area (Å²) in [5.74, 6) is 0. The van der Waals surface area contributed by atoms with E-state index in [-0.39, 0.29) is 0 Å². The Morgan fingerprint density at radius 3 is 2.64 bits per heavy atom. The number of aliphatic hydroxyl groups is 1. The molecule has 0 aliphatic heterocycles. The molecule has 1 atom stereocenters. The van der Waals surface area contributed by atoms with Crippen LogP contribution in [0, 0.1) is 0 Å². The topological polar surface area (TPSA) is 29.5 Å². The zero-order valence-electron chi connectivity index (χ0n) is 8.44. The number of hydrogen-bond acceptors (Lipinski definition) is 2. The molecule has 1 N–H and O–H groups in total. The van der Waals surface area contributed by atoms with E-state index in [0.29, 0.717) is 13.2 Å². The minimum atomic E-state index is -0.557. The van der Waals surface area contributed by atoms with Crippen LogP contribution in [0.15, 0.2) is 42.5 Å². The van der Waals surface area contributed by atoms with Crippen LogP contribution >= 0.6 is 0 Å². The Hall–Kier alpha value is -1.12. The van der Waals surface area contributed by atoms with Crippen molar-refractivity contribution in [2.24, 2.45) is 0 Å². The van der Waals surface area contributed by atoms with Gasteiger partial charge in [0.1, 0.15) is 0 Å². The van der Waals surface area contributed by atoms with Gasteiger partial charge in [-0.2, -0.15) is 0 Å². The first kappa shape index (κ1) is 11.0. The third-order valence-electron chi connectivity index (χ3n) is 1.96. The number of ether oxygens (including phenoxy) is 1. The third-order valence-corrected chi connectivity index (χ3v) is 1.96. The summed E-state index contributed by atoms with van der Waals surface area (Å²) < 4.78 is 5.33. The first-order chi connectivity index (χ1) is 6.70. The summed E-state index contributed by atoms with van der Waals surface area (Å²) in [4.78, 5) is 0. The highest BCUT2D eigenvalue weighted by Crippen LogP contribution is 2.03. The lowest BCUT2D eigenvalue weighted by Gasteiger charge is -2.10. The molecule has 76 valence electrons. The molecule has 0 aliphatic rings. The van der Waals surface area contributed by atoms with E-state index >= 15 is 0 Å². The van der Waals surface area contributed by atoms with Crippen LogP contribution in [0.4, 0.5) is 0 Å². The number of rotatable bonds is 5. The number of benzene rings is 1. The minimum absolute atomic E-state index is 0.310. The van der Waals surface area contributed by atoms with E-state index < -0.39 is 6.10 Å². The van der Waals surface area contributed by atoms with Crippen molar-refractivity contribution in [2.45, 2.75) is 19.6 Å². The van der Waals surface area contributed by atoms with Gasteiger partial charge in [-0.3, -0.25) is 0 Å². The predicted octanol–water partition coefficient (Wildman–Crippen LogP) is 2.14. The van der Waals surface area contributed by atoms with Gasteiger partial charge in [0.05, 0.1) is 19.3 Å². The first-order valence-corrected chi connectivity index (χ1v) is 4.65. The van der Waals surface area contributed by atoms with Crippen molar-refractivity contribution >= 4 is 0 Å². The number of aliphatic hydroxyl groups excluding tert-OH is 1. The Labute approximate surface area is 84.8 Å². The lowest BCUT2D eigenvalue weighted by molar-refractivity contribution is 0.0455. The summed E-state index contributed by atoms with van der Waals surface area (Å²) in [5.41, 5.74) is 1.85. The molecule has 0 saturated heterocycles. The lowest BCUT2D eigenvalue weighted by Crippen LogP contribution is -2.15. The summed E-state index contributed by atoms with van der Waals surface area (Å²) in [6.07, 6.45) is -0.557. The fraction of sp³-hybridized carbons (Fsp3) is 0.333. The van der Waals surface area contributed by atoms with E-state index in [1.165, 1.54) is 0 Å². The fourth-order valence-electron chi connectivity index (χ4n) is 1.00. The van der Waals surface area contributed by atoms with Crippen LogP contribution in [-0.4, -0.2) is 17.8 Å². The maximum absolute atomic E-state index is 9.38. The maximum atomic E-state index is 9.38. The van der Waals surface area contributed by atoms with Crippen LogP contribution < -0.4 is 0 Å². The average Bonchev–Trinajstić information content (AvgIpc) is 2.19. The Morgan fingerprint density at radius 1 is 1.43 bits per heavy atom. The van der Waals surface area contributed by atoms with Gasteiger partial charge in [0, 0.05) is 0 Å². The quantitative estimate of drug-likeness (QED) is 0.724. The van der Waals surface area contributed by atoms with Crippen molar-refractivity contribution in [1.82, 2.24) is 0 Å². The molecule has 0 aliphatic carbocycles. The second kappa shape index (κ2) is 5.58. The summed E-state index contributed by atoms with van der Waals surface area (Å²) >= 11 is 0. The second-order valence-corrected chi connectivity index (χ2v) is 3.36. The molecule has 1 aromatic carbocycles. The van der Waals surface area contributed by atoms with E-state index in [2.05, 4.69) is 6.58 Å². The Balaban J connectivity index is 2.26. The molecule has 0 fully saturated rings. The van der Waals surface area contributed by atoms with Gasteiger partial charge in [0.2, 0.25) is 0 Å². The molecule has 0 bridgehead atoms. The summed E-state index contributed by atoms with van der Waals surface area (Å²) in [6.45, 7) is 6.28. The van der Waals surface area contributed by atoms with Gasteiger partial charge in [-0.1, -0.05) is 36.9 Å². The van der Waals surface area contributed by atoms with Crippen LogP contribution in [0.5, 0.6) is 0 Å². The van der Waals surface area contributed by atoms with Crippen molar-refractivity contribution in [2.75, 3.05) is 6.61 Å². The van der Waals surface area contributed by atoms with Gasteiger partial charge in [0.25, 0.3) is 0 Å². The molecule has 1 aromatic rings. The van der Waals surface area contributed by atoms with E-state index in [1.54, 1.807) is 6.92 Å². The monoisotopic (exact) mass is 192 g/mol. The Bertz CT molecular complexity index is 280. The SMILES string of the molecule is C=C(C)[C@@H](O)COCc1ccccc1. The predicted molar refractivity (Wildman–Crippen MR) is 56.9 cm³/mol. The summed E-state index contributed by atoms with van der Waals surface area (Å²) in [5, 5.41) is 9.38. The van der Waals surface area contributed by atoms with Crippen LogP contribution in [-0.2, 0) is 11.3 Å². The lowest BCUT2D eigenvalue weighted by atomic mass is 10.2. The van der Waals surface area contributed by atoms with Crippen LogP contribution in [0.25, 0.3) is 0 Å². The van der Waals surface area contributed by atoms with Crippen molar-refractivity contribution in [3.8, 4) is 0 Å². The Kier molecular flexibility index (Phi) is 4.36. The van der Waals surface area contributed by atoms with Crippen LogP contribution in [0.3, 0.4) is 0 Å². The molecule has 14 heavy (non-hydrogen) atoms. The molecule has 0 amide bonds. The van der Waals surface area contributed by atoms with Crippen LogP contribution in [0.2, 0.25) is 0 Å². The van der Waals surface area contributed by atoms with Crippen molar-refractivity contribution < 1.29 is 9.84 Å². The fourth-order valence-corrected chi connectivity index (χ4v) is 1.00. The molecule has 2 heteroatoms. The van der Waals surface area contributed by atoms with Gasteiger partial charge in [-0.05, 0) is 18.1 Å². The largest absolute Gasteiger partial charge is 0.386 e. The van der Waals surface area contributed by atoms with Gasteiger partial charge < -0.3 is 9.84 Å². The highest BCUT2D eigenvalue weighted by molar-refractivity contribution is 5.13. The molecule has 0 radical (unpaired) electrons. The summed E-state index contributed by atoms with van der Waals surface area (Å²) in [7, 11) is 0. The maximum Gasteiger partial charge on any atom is 0.0978 e. The molecule has 0 spiro atoms. The molecule has 1 rings (SSSR count). The van der Waals surface area contributed by atoms with Crippen molar-refractivity contribution in [3.63, 3.8) is 0 Å². The smallest absolute Gasteiger partial charge is 0.0978 e. The highest BCUT2D eigenvalue weighted by atomic mass is 16.5. The standard InChI is InChI=1S/C12H16O2/c1-10(2)12(13)9-14-8-11-6-4-3-5-7-11/h3-7,12-13H,1,8-9H2,2H3/t12-/m0/s1. The van der Waals surface area contributed by atoms with Gasteiger partial charge in [-0.25, -0.2) is 0 Å².